The van der Waals surface area contributed by atoms with Gasteiger partial charge in [0.1, 0.15) is 0 Å². The summed E-state index contributed by atoms with van der Waals surface area (Å²) in [7, 11) is -1.68. The molecule has 1 nitrogen and oxygen atoms in total. The van der Waals surface area contributed by atoms with Gasteiger partial charge in [0.15, 0.2) is 8.32 Å². The first kappa shape index (κ1) is 17.8. The molecule has 0 aliphatic carbocycles. The van der Waals surface area contributed by atoms with Crippen LogP contribution in [-0.4, -0.2) is 14.4 Å². The summed E-state index contributed by atoms with van der Waals surface area (Å²) in [4.78, 5) is 1.19. The molecule has 112 valence electrons. The lowest BCUT2D eigenvalue weighted by molar-refractivity contribution is 0.243. The van der Waals surface area contributed by atoms with Crippen LogP contribution < -0.4 is 0 Å². The Hall–Kier alpha value is -0.223. The van der Waals surface area contributed by atoms with Crippen LogP contribution in [0.3, 0.4) is 0 Å². The molecule has 0 aliphatic rings. The fraction of sp³-hybridized carbons (Fsp3) is 0.500. The molecule has 0 amide bonds. The molecule has 0 heterocycles. The van der Waals surface area contributed by atoms with Crippen LogP contribution in [0.4, 0.5) is 0 Å². The van der Waals surface area contributed by atoms with E-state index in [0.717, 1.165) is 5.02 Å². The molecule has 1 rings (SSSR count). The Labute approximate surface area is 133 Å². The molecule has 0 N–H and O–H groups in total. The van der Waals surface area contributed by atoms with Crippen LogP contribution in [0.25, 0.3) is 0 Å². The average Bonchev–Trinajstić information content (AvgIpc) is 2.29. The van der Waals surface area contributed by atoms with Crippen LogP contribution in [0.5, 0.6) is 0 Å². The normalized spacial score (nSPS) is 14.8. The van der Waals surface area contributed by atoms with Gasteiger partial charge in [0.2, 0.25) is 0 Å². The summed E-state index contributed by atoms with van der Waals surface area (Å²) in [5, 5.41) is 3.12. The van der Waals surface area contributed by atoms with Gasteiger partial charge in [-0.2, -0.15) is 0 Å². The van der Waals surface area contributed by atoms with E-state index in [0.29, 0.717) is 0 Å². The van der Waals surface area contributed by atoms with Crippen molar-refractivity contribution >= 4 is 31.7 Å². The highest BCUT2D eigenvalue weighted by Gasteiger charge is 2.37. The van der Waals surface area contributed by atoms with Crippen molar-refractivity contribution in [1.82, 2.24) is 0 Å². The maximum atomic E-state index is 6.28. The van der Waals surface area contributed by atoms with E-state index >= 15 is 0 Å². The Balaban J connectivity index is 2.52. The maximum Gasteiger partial charge on any atom is 0.192 e. The van der Waals surface area contributed by atoms with Gasteiger partial charge in [0.05, 0.1) is 6.10 Å². The van der Waals surface area contributed by atoms with Crippen LogP contribution >= 0.6 is 23.4 Å². The standard InChI is InChI=1S/C16H25ClOSSi/c1-13(18-20(5,6)16(2,3)4)11-12-19-15-9-7-14(17)8-10-15/h7-13H,1-6H3. The van der Waals surface area contributed by atoms with Gasteiger partial charge >= 0.3 is 0 Å². The van der Waals surface area contributed by atoms with Crippen LogP contribution in [0, 0.1) is 0 Å². The second-order valence-electron chi connectivity index (χ2n) is 6.48. The molecule has 1 atom stereocenters. The summed E-state index contributed by atoms with van der Waals surface area (Å²) in [6.07, 6.45) is 2.27. The van der Waals surface area contributed by atoms with Crippen molar-refractivity contribution in [2.75, 3.05) is 0 Å². The second-order valence-corrected chi connectivity index (χ2v) is 12.7. The third-order valence-electron chi connectivity index (χ3n) is 3.65. The molecule has 1 unspecified atom stereocenters. The lowest BCUT2D eigenvalue weighted by atomic mass is 10.2. The molecule has 0 bridgehead atoms. The van der Waals surface area contributed by atoms with Crippen LogP contribution in [0.2, 0.25) is 23.2 Å². The smallest absolute Gasteiger partial charge is 0.192 e. The number of hydrogen-bond acceptors (Lipinski definition) is 2. The Morgan fingerprint density at radius 3 is 2.25 bits per heavy atom. The summed E-state index contributed by atoms with van der Waals surface area (Å²) in [5.41, 5.74) is 0. The molecule has 0 aromatic heterocycles. The zero-order valence-corrected chi connectivity index (χ0v) is 15.8. The van der Waals surface area contributed by atoms with Gasteiger partial charge in [-0.05, 0) is 54.7 Å². The first-order valence-electron chi connectivity index (χ1n) is 6.88. The lowest BCUT2D eigenvalue weighted by Gasteiger charge is -2.37. The van der Waals surface area contributed by atoms with E-state index < -0.39 is 8.32 Å². The summed E-state index contributed by atoms with van der Waals surface area (Å²) in [5.74, 6) is 0. The second kappa shape index (κ2) is 7.17. The zero-order valence-electron chi connectivity index (χ0n) is 13.2. The Morgan fingerprint density at radius 2 is 1.75 bits per heavy atom. The molecule has 4 heteroatoms. The van der Waals surface area contributed by atoms with Crippen molar-refractivity contribution in [2.45, 2.75) is 56.8 Å². The summed E-state index contributed by atoms with van der Waals surface area (Å²) >= 11 is 7.56. The highest BCUT2D eigenvalue weighted by Crippen LogP contribution is 2.37. The zero-order chi connectivity index (χ0) is 15.4. The van der Waals surface area contributed by atoms with Crippen molar-refractivity contribution in [3.63, 3.8) is 0 Å². The molecular formula is C16H25ClOSSi. The molecule has 1 aromatic rings. The van der Waals surface area contributed by atoms with Crippen molar-refractivity contribution in [1.29, 1.82) is 0 Å². The maximum absolute atomic E-state index is 6.28. The highest BCUT2D eigenvalue weighted by atomic mass is 35.5. The Bertz CT molecular complexity index is 449. The quantitative estimate of drug-likeness (QED) is 0.459. The monoisotopic (exact) mass is 328 g/mol. The minimum Gasteiger partial charge on any atom is -0.411 e. The number of halogens is 1. The lowest BCUT2D eigenvalue weighted by Crippen LogP contribution is -2.42. The fourth-order valence-corrected chi connectivity index (χ4v) is 3.66. The predicted octanol–water partition coefficient (Wildman–Crippen LogP) is 6.36. The average molecular weight is 329 g/mol. The molecule has 0 radical (unpaired) electrons. The van der Waals surface area contributed by atoms with Crippen LogP contribution in [0.15, 0.2) is 40.6 Å². The predicted molar refractivity (Wildman–Crippen MR) is 94.2 cm³/mol. The van der Waals surface area contributed by atoms with Crippen molar-refractivity contribution < 1.29 is 4.43 Å². The van der Waals surface area contributed by atoms with E-state index in [-0.39, 0.29) is 11.1 Å². The molecule has 0 fully saturated rings. The molecule has 0 spiro atoms. The fourth-order valence-electron chi connectivity index (χ4n) is 1.42. The molecule has 0 saturated heterocycles. The van der Waals surface area contributed by atoms with Crippen LogP contribution in [-0.2, 0) is 4.43 Å². The third kappa shape index (κ3) is 5.64. The number of benzene rings is 1. The largest absolute Gasteiger partial charge is 0.411 e. The SMILES string of the molecule is CC(C=CSc1ccc(Cl)cc1)O[Si](C)(C)C(C)(C)C. The van der Waals surface area contributed by atoms with E-state index in [4.69, 9.17) is 16.0 Å². The molecular weight excluding hydrogens is 304 g/mol. The van der Waals surface area contributed by atoms with E-state index in [1.54, 1.807) is 11.8 Å². The van der Waals surface area contributed by atoms with E-state index in [1.807, 2.05) is 24.3 Å². The van der Waals surface area contributed by atoms with Crippen LogP contribution in [0.1, 0.15) is 27.7 Å². The molecule has 0 aliphatic heterocycles. The van der Waals surface area contributed by atoms with Gasteiger partial charge in [0.25, 0.3) is 0 Å². The van der Waals surface area contributed by atoms with Gasteiger partial charge < -0.3 is 4.43 Å². The number of rotatable bonds is 5. The molecule has 1 aromatic carbocycles. The highest BCUT2D eigenvalue weighted by molar-refractivity contribution is 8.02. The number of hydrogen-bond donors (Lipinski definition) is 0. The molecule has 0 saturated carbocycles. The summed E-state index contributed by atoms with van der Waals surface area (Å²) in [6, 6.07) is 7.87. The molecule has 20 heavy (non-hydrogen) atoms. The van der Waals surface area contributed by atoms with Crippen molar-refractivity contribution in [3.8, 4) is 0 Å². The van der Waals surface area contributed by atoms with Gasteiger partial charge in [-0.1, -0.05) is 50.2 Å². The number of thioether (sulfide) groups is 1. The van der Waals surface area contributed by atoms with Gasteiger partial charge in [-0.3, -0.25) is 0 Å². The van der Waals surface area contributed by atoms with Gasteiger partial charge in [-0.15, -0.1) is 0 Å². The van der Waals surface area contributed by atoms with Gasteiger partial charge in [-0.25, -0.2) is 0 Å². The minimum absolute atomic E-state index is 0.149. The van der Waals surface area contributed by atoms with Crippen molar-refractivity contribution in [2.24, 2.45) is 0 Å². The Morgan fingerprint density at radius 1 is 1.20 bits per heavy atom. The third-order valence-corrected chi connectivity index (χ3v) is 9.32. The first-order chi connectivity index (χ1) is 9.12. The first-order valence-corrected chi connectivity index (χ1v) is 11.0. The summed E-state index contributed by atoms with van der Waals surface area (Å²) in [6.45, 7) is 13.5. The van der Waals surface area contributed by atoms with Crippen molar-refractivity contribution in [3.05, 3.63) is 40.8 Å². The van der Waals surface area contributed by atoms with E-state index in [9.17, 15) is 0 Å². The van der Waals surface area contributed by atoms with E-state index in [1.165, 1.54) is 4.90 Å². The Kier molecular flexibility index (Phi) is 6.39. The topological polar surface area (TPSA) is 9.23 Å². The van der Waals surface area contributed by atoms with E-state index in [2.05, 4.69) is 52.3 Å². The minimum atomic E-state index is -1.68. The van der Waals surface area contributed by atoms with Gasteiger partial charge in [0, 0.05) is 9.92 Å². The summed E-state index contributed by atoms with van der Waals surface area (Å²) < 4.78 is 6.28.